The lowest BCUT2D eigenvalue weighted by Gasteiger charge is -2.11. The number of nitrogens with two attached hydrogens (primary N) is 1. The number of methoxy groups -OCH3 is 1. The van der Waals surface area contributed by atoms with E-state index in [-0.39, 0.29) is 5.97 Å². The van der Waals surface area contributed by atoms with E-state index in [1.54, 1.807) is 24.3 Å². The van der Waals surface area contributed by atoms with Gasteiger partial charge in [-0.2, -0.15) is 0 Å². The molecule has 1 aromatic carbocycles. The number of hydrogen-bond donors (Lipinski definition) is 1. The van der Waals surface area contributed by atoms with Crippen LogP contribution in [0, 0.1) is 0 Å². The van der Waals surface area contributed by atoms with Crippen molar-refractivity contribution in [2.24, 2.45) is 0 Å². The molecule has 0 atom stereocenters. The summed E-state index contributed by atoms with van der Waals surface area (Å²) in [6.45, 7) is 7.35. The van der Waals surface area contributed by atoms with E-state index in [0.717, 1.165) is 11.1 Å². The first-order chi connectivity index (χ1) is 8.13. The Morgan fingerprint density at radius 1 is 1.29 bits per heavy atom. The van der Waals surface area contributed by atoms with E-state index >= 15 is 0 Å². The highest BCUT2D eigenvalue weighted by Gasteiger charge is 2.11. The maximum Gasteiger partial charge on any atom is 0.337 e. The number of benzene rings is 1. The molecule has 17 heavy (non-hydrogen) atoms. The Hall–Kier alpha value is -2.03. The zero-order chi connectivity index (χ0) is 12.8. The van der Waals surface area contributed by atoms with E-state index in [4.69, 9.17) is 10.5 Å². The van der Waals surface area contributed by atoms with E-state index in [0.29, 0.717) is 24.1 Å². The number of ether oxygens (including phenoxy) is 1. The van der Waals surface area contributed by atoms with Crippen LogP contribution < -0.4 is 5.73 Å². The monoisotopic (exact) mass is 231 g/mol. The second-order valence-electron chi connectivity index (χ2n) is 3.69. The van der Waals surface area contributed by atoms with Gasteiger partial charge in [0.05, 0.1) is 12.7 Å². The van der Waals surface area contributed by atoms with Crippen molar-refractivity contribution in [1.82, 2.24) is 0 Å². The highest BCUT2D eigenvalue weighted by molar-refractivity contribution is 5.90. The van der Waals surface area contributed by atoms with Gasteiger partial charge >= 0.3 is 5.97 Å². The Kier molecular flexibility index (Phi) is 4.52. The van der Waals surface area contributed by atoms with Crippen LogP contribution in [0.15, 0.2) is 37.4 Å². The molecule has 0 unspecified atom stereocenters. The SMILES string of the molecule is C=CCc1cc(C(=O)OC)cc(CC=C)c1N. The topological polar surface area (TPSA) is 52.3 Å². The molecular formula is C14H17NO2. The third-order valence-electron chi connectivity index (χ3n) is 2.50. The number of esters is 1. The van der Waals surface area contributed by atoms with Crippen LogP contribution >= 0.6 is 0 Å². The number of rotatable bonds is 5. The summed E-state index contributed by atoms with van der Waals surface area (Å²) in [4.78, 5) is 11.5. The summed E-state index contributed by atoms with van der Waals surface area (Å²) in [5.74, 6) is -0.361. The summed E-state index contributed by atoms with van der Waals surface area (Å²) in [5.41, 5.74) is 9.00. The smallest absolute Gasteiger partial charge is 0.337 e. The van der Waals surface area contributed by atoms with Crippen molar-refractivity contribution in [1.29, 1.82) is 0 Å². The van der Waals surface area contributed by atoms with Crippen molar-refractivity contribution in [3.8, 4) is 0 Å². The summed E-state index contributed by atoms with van der Waals surface area (Å²) in [7, 11) is 1.36. The highest BCUT2D eigenvalue weighted by atomic mass is 16.5. The zero-order valence-corrected chi connectivity index (χ0v) is 10.0. The molecule has 0 aliphatic rings. The molecule has 3 heteroatoms. The van der Waals surface area contributed by atoms with Crippen molar-refractivity contribution < 1.29 is 9.53 Å². The van der Waals surface area contributed by atoms with Crippen molar-refractivity contribution in [2.75, 3.05) is 12.8 Å². The Morgan fingerprint density at radius 2 is 1.76 bits per heavy atom. The maximum absolute atomic E-state index is 11.5. The van der Waals surface area contributed by atoms with E-state index in [2.05, 4.69) is 13.2 Å². The van der Waals surface area contributed by atoms with Crippen LogP contribution in [0.5, 0.6) is 0 Å². The quantitative estimate of drug-likeness (QED) is 0.481. The molecule has 0 aliphatic heterocycles. The van der Waals surface area contributed by atoms with Crippen LogP contribution in [0.3, 0.4) is 0 Å². The predicted octanol–water partition coefficient (Wildman–Crippen LogP) is 2.51. The van der Waals surface area contributed by atoms with E-state index in [1.807, 2.05) is 0 Å². The van der Waals surface area contributed by atoms with Crippen LogP contribution in [0.1, 0.15) is 21.5 Å². The zero-order valence-electron chi connectivity index (χ0n) is 10.0. The second kappa shape index (κ2) is 5.89. The Morgan fingerprint density at radius 3 is 2.12 bits per heavy atom. The van der Waals surface area contributed by atoms with Gasteiger partial charge in [-0.3, -0.25) is 0 Å². The van der Waals surface area contributed by atoms with E-state index in [9.17, 15) is 4.79 Å². The summed E-state index contributed by atoms with van der Waals surface area (Å²) < 4.78 is 4.71. The lowest BCUT2D eigenvalue weighted by Crippen LogP contribution is -2.07. The molecule has 0 heterocycles. The minimum Gasteiger partial charge on any atom is -0.465 e. The van der Waals surface area contributed by atoms with Crippen LogP contribution in [-0.4, -0.2) is 13.1 Å². The Labute approximate surface area is 102 Å². The standard InChI is InChI=1S/C14H17NO2/c1-4-6-10-8-12(14(16)17-3)9-11(7-5-2)13(10)15/h4-5,8-9H,1-2,6-7,15H2,3H3. The number of nitrogen functional groups attached to an aromatic ring is 1. The first-order valence-electron chi connectivity index (χ1n) is 5.35. The average Bonchev–Trinajstić information content (AvgIpc) is 2.33. The third kappa shape index (κ3) is 2.97. The summed E-state index contributed by atoms with van der Waals surface area (Å²) in [6, 6.07) is 3.49. The summed E-state index contributed by atoms with van der Waals surface area (Å²) in [6.07, 6.45) is 4.76. The average molecular weight is 231 g/mol. The fraction of sp³-hybridized carbons (Fsp3) is 0.214. The van der Waals surface area contributed by atoms with Crippen LogP contribution in [0.4, 0.5) is 5.69 Å². The minimum absolute atomic E-state index is 0.361. The van der Waals surface area contributed by atoms with Gasteiger partial charge < -0.3 is 10.5 Å². The van der Waals surface area contributed by atoms with E-state index < -0.39 is 0 Å². The van der Waals surface area contributed by atoms with Gasteiger partial charge in [0.25, 0.3) is 0 Å². The predicted molar refractivity (Wildman–Crippen MR) is 70.0 cm³/mol. The second-order valence-corrected chi connectivity index (χ2v) is 3.69. The molecule has 1 rings (SSSR count). The third-order valence-corrected chi connectivity index (χ3v) is 2.50. The molecule has 0 aliphatic carbocycles. The van der Waals surface area contributed by atoms with Gasteiger partial charge in [-0.05, 0) is 36.1 Å². The lowest BCUT2D eigenvalue weighted by molar-refractivity contribution is 0.0600. The number of allylic oxidation sites excluding steroid dienone is 2. The molecule has 0 aromatic heterocycles. The van der Waals surface area contributed by atoms with Gasteiger partial charge in [0, 0.05) is 5.69 Å². The molecule has 0 saturated carbocycles. The van der Waals surface area contributed by atoms with Gasteiger partial charge in [-0.15, -0.1) is 13.2 Å². The molecule has 0 bridgehead atoms. The fourth-order valence-electron chi connectivity index (χ4n) is 1.66. The number of hydrogen-bond acceptors (Lipinski definition) is 3. The van der Waals surface area contributed by atoms with Crippen LogP contribution in [-0.2, 0) is 17.6 Å². The molecule has 0 amide bonds. The molecule has 1 aromatic rings. The van der Waals surface area contributed by atoms with Gasteiger partial charge in [-0.25, -0.2) is 4.79 Å². The first kappa shape index (κ1) is 13.0. The number of carbonyl (C=O) groups excluding carboxylic acids is 1. The van der Waals surface area contributed by atoms with Crippen molar-refractivity contribution in [2.45, 2.75) is 12.8 Å². The van der Waals surface area contributed by atoms with Gasteiger partial charge in [0.2, 0.25) is 0 Å². The Balaban J connectivity index is 3.29. The summed E-state index contributed by atoms with van der Waals surface area (Å²) >= 11 is 0. The molecule has 0 radical (unpaired) electrons. The van der Waals surface area contributed by atoms with Crippen LogP contribution in [0.25, 0.3) is 0 Å². The van der Waals surface area contributed by atoms with E-state index in [1.165, 1.54) is 7.11 Å². The highest BCUT2D eigenvalue weighted by Crippen LogP contribution is 2.22. The molecule has 2 N–H and O–H groups in total. The summed E-state index contributed by atoms with van der Waals surface area (Å²) in [5, 5.41) is 0. The normalized spacial score (nSPS) is 9.71. The first-order valence-corrected chi connectivity index (χ1v) is 5.35. The van der Waals surface area contributed by atoms with Gasteiger partial charge in [0.15, 0.2) is 0 Å². The molecule has 3 nitrogen and oxygen atoms in total. The van der Waals surface area contributed by atoms with Gasteiger partial charge in [-0.1, -0.05) is 12.2 Å². The lowest BCUT2D eigenvalue weighted by atomic mass is 9.98. The minimum atomic E-state index is -0.361. The maximum atomic E-state index is 11.5. The Bertz CT molecular complexity index is 419. The number of anilines is 1. The van der Waals surface area contributed by atoms with Crippen molar-refractivity contribution in [3.05, 3.63) is 54.1 Å². The largest absolute Gasteiger partial charge is 0.465 e. The fourth-order valence-corrected chi connectivity index (χ4v) is 1.66. The van der Waals surface area contributed by atoms with Crippen LogP contribution in [0.2, 0.25) is 0 Å². The molecular weight excluding hydrogens is 214 g/mol. The molecule has 0 spiro atoms. The van der Waals surface area contributed by atoms with Gasteiger partial charge in [0.1, 0.15) is 0 Å². The molecule has 90 valence electrons. The van der Waals surface area contributed by atoms with Crippen molar-refractivity contribution >= 4 is 11.7 Å². The van der Waals surface area contributed by atoms with Crippen molar-refractivity contribution in [3.63, 3.8) is 0 Å². The number of carbonyl (C=O) groups is 1. The molecule has 0 fully saturated rings. The molecule has 0 saturated heterocycles.